The van der Waals surface area contributed by atoms with Crippen molar-refractivity contribution in [1.29, 1.82) is 0 Å². The van der Waals surface area contributed by atoms with Crippen LogP contribution in [0.3, 0.4) is 0 Å². The van der Waals surface area contributed by atoms with E-state index in [9.17, 15) is 4.79 Å². The average Bonchev–Trinajstić information content (AvgIpc) is 2.90. The summed E-state index contributed by atoms with van der Waals surface area (Å²) in [5.74, 6) is -0.0112. The highest BCUT2D eigenvalue weighted by molar-refractivity contribution is 5.95. The molecule has 0 saturated carbocycles. The fourth-order valence-corrected chi connectivity index (χ4v) is 4.09. The zero-order valence-corrected chi connectivity index (χ0v) is 16.0. The van der Waals surface area contributed by atoms with Gasteiger partial charge >= 0.3 is 0 Å². The van der Waals surface area contributed by atoms with Crippen LogP contribution in [0.1, 0.15) is 34.3 Å². The highest BCUT2D eigenvalue weighted by Crippen LogP contribution is 2.21. The molecule has 27 heavy (non-hydrogen) atoms. The minimum absolute atomic E-state index is 0.0112. The highest BCUT2D eigenvalue weighted by Gasteiger charge is 2.20. The summed E-state index contributed by atoms with van der Waals surface area (Å²) in [6.07, 6.45) is 7.69. The first-order chi connectivity index (χ1) is 13.2. The maximum absolute atomic E-state index is 12.8. The second-order valence-corrected chi connectivity index (χ2v) is 7.76. The number of hydrogen-bond acceptors (Lipinski definition) is 4. The van der Waals surface area contributed by atoms with E-state index in [0.29, 0.717) is 5.56 Å². The third-order valence-electron chi connectivity index (χ3n) is 5.77. The van der Waals surface area contributed by atoms with Crippen molar-refractivity contribution >= 4 is 11.6 Å². The number of aryl methyl sites for hydroxylation is 1. The zero-order chi connectivity index (χ0) is 18.6. The molecule has 1 saturated heterocycles. The molecule has 1 aliphatic heterocycles. The first-order valence-electron chi connectivity index (χ1n) is 9.95. The molecular formula is C22H28N4O. The monoisotopic (exact) mass is 364 g/mol. The summed E-state index contributed by atoms with van der Waals surface area (Å²) in [4.78, 5) is 21.8. The van der Waals surface area contributed by atoms with Gasteiger partial charge in [-0.05, 0) is 49.9 Å². The molecule has 2 aliphatic rings. The average molecular weight is 364 g/mol. The number of amides is 1. The van der Waals surface area contributed by atoms with Gasteiger partial charge in [-0.3, -0.25) is 9.78 Å². The van der Waals surface area contributed by atoms with Crippen LogP contribution in [0.25, 0.3) is 0 Å². The van der Waals surface area contributed by atoms with Crippen LogP contribution in [0.5, 0.6) is 0 Å². The number of rotatable bonds is 3. The van der Waals surface area contributed by atoms with Crippen LogP contribution < -0.4 is 10.2 Å². The molecule has 0 bridgehead atoms. The third-order valence-corrected chi connectivity index (χ3v) is 5.77. The smallest absolute Gasteiger partial charge is 0.253 e. The summed E-state index contributed by atoms with van der Waals surface area (Å²) in [6, 6.07) is 10.8. The number of fused-ring (bicyclic) bond motifs is 1. The highest BCUT2D eigenvalue weighted by atomic mass is 16.1. The van der Waals surface area contributed by atoms with E-state index in [1.165, 1.54) is 11.1 Å². The van der Waals surface area contributed by atoms with Crippen molar-refractivity contribution in [2.24, 2.45) is 0 Å². The number of nitrogens with one attached hydrogen (secondary N) is 1. The Morgan fingerprint density at radius 2 is 1.89 bits per heavy atom. The molecule has 4 rings (SSSR count). The SMILES string of the molecule is CN1CCN(c2cncc(C(=O)NC3CCCc4ccccc4C3)c2)CC1. The summed E-state index contributed by atoms with van der Waals surface area (Å²) in [5, 5.41) is 3.25. The second-order valence-electron chi connectivity index (χ2n) is 7.76. The van der Waals surface area contributed by atoms with Gasteiger partial charge in [0.25, 0.3) is 5.91 Å². The van der Waals surface area contributed by atoms with E-state index >= 15 is 0 Å². The van der Waals surface area contributed by atoms with Crippen LogP contribution in [0.2, 0.25) is 0 Å². The minimum Gasteiger partial charge on any atom is -0.368 e. The van der Waals surface area contributed by atoms with E-state index < -0.39 is 0 Å². The molecule has 1 aliphatic carbocycles. The van der Waals surface area contributed by atoms with Gasteiger partial charge in [-0.25, -0.2) is 0 Å². The van der Waals surface area contributed by atoms with Crippen LogP contribution in [-0.2, 0) is 12.8 Å². The van der Waals surface area contributed by atoms with E-state index in [0.717, 1.165) is 57.5 Å². The second kappa shape index (κ2) is 8.09. The Kier molecular flexibility index (Phi) is 5.39. The predicted octanol–water partition coefficient (Wildman–Crippen LogP) is 2.51. The Balaban J connectivity index is 1.43. The fourth-order valence-electron chi connectivity index (χ4n) is 4.09. The van der Waals surface area contributed by atoms with Gasteiger partial charge in [0.2, 0.25) is 0 Å². The number of hydrogen-bond donors (Lipinski definition) is 1. The number of benzene rings is 1. The van der Waals surface area contributed by atoms with Gasteiger partial charge < -0.3 is 15.1 Å². The van der Waals surface area contributed by atoms with E-state index in [1.807, 2.05) is 12.3 Å². The van der Waals surface area contributed by atoms with E-state index in [1.54, 1.807) is 6.20 Å². The molecule has 0 spiro atoms. The van der Waals surface area contributed by atoms with Crippen LogP contribution in [0.4, 0.5) is 5.69 Å². The van der Waals surface area contributed by atoms with Crippen molar-refractivity contribution in [3.05, 3.63) is 59.4 Å². The molecular weight excluding hydrogens is 336 g/mol. The lowest BCUT2D eigenvalue weighted by Gasteiger charge is -2.33. The molecule has 1 atom stereocenters. The molecule has 1 aromatic heterocycles. The van der Waals surface area contributed by atoms with Crippen molar-refractivity contribution in [1.82, 2.24) is 15.2 Å². The van der Waals surface area contributed by atoms with E-state index in [-0.39, 0.29) is 11.9 Å². The topological polar surface area (TPSA) is 48.5 Å². The molecule has 1 unspecified atom stereocenters. The predicted molar refractivity (Wildman–Crippen MR) is 108 cm³/mol. The molecule has 142 valence electrons. The Morgan fingerprint density at radius 1 is 1.11 bits per heavy atom. The van der Waals surface area contributed by atoms with Crippen LogP contribution in [0.15, 0.2) is 42.7 Å². The van der Waals surface area contributed by atoms with Gasteiger partial charge in [0, 0.05) is 38.4 Å². The van der Waals surface area contributed by atoms with Crippen molar-refractivity contribution in [2.75, 3.05) is 38.1 Å². The molecule has 1 aromatic carbocycles. The quantitative estimate of drug-likeness (QED) is 0.851. The van der Waals surface area contributed by atoms with Gasteiger partial charge in [-0.1, -0.05) is 24.3 Å². The molecule has 1 fully saturated rings. The Labute approximate surface area is 161 Å². The number of pyridine rings is 1. The number of carbonyl (C=O) groups excluding carboxylic acids is 1. The minimum atomic E-state index is -0.0112. The molecule has 5 heteroatoms. The Bertz CT molecular complexity index is 798. The molecule has 1 amide bonds. The largest absolute Gasteiger partial charge is 0.368 e. The van der Waals surface area contributed by atoms with Gasteiger partial charge in [0.15, 0.2) is 0 Å². The number of piperazine rings is 1. The van der Waals surface area contributed by atoms with Crippen molar-refractivity contribution in [3.63, 3.8) is 0 Å². The van der Waals surface area contributed by atoms with E-state index in [2.05, 4.69) is 51.4 Å². The van der Waals surface area contributed by atoms with Crippen molar-refractivity contribution < 1.29 is 4.79 Å². The molecule has 1 N–H and O–H groups in total. The Hall–Kier alpha value is -2.40. The van der Waals surface area contributed by atoms with Gasteiger partial charge in [-0.15, -0.1) is 0 Å². The fraction of sp³-hybridized carbons (Fsp3) is 0.455. The number of aromatic nitrogens is 1. The maximum atomic E-state index is 12.8. The van der Waals surface area contributed by atoms with Gasteiger partial charge in [0.05, 0.1) is 17.4 Å². The first kappa shape index (κ1) is 18.0. The standard InChI is InChI=1S/C22H28N4O/c1-25-9-11-26(12-10-25)21-14-19(15-23-16-21)22(27)24-20-8-4-7-17-5-2-3-6-18(17)13-20/h2-3,5-6,14-16,20H,4,7-13H2,1H3,(H,24,27). The number of likely N-dealkylation sites (N-methyl/N-ethyl adjacent to an activating group) is 1. The lowest BCUT2D eigenvalue weighted by molar-refractivity contribution is 0.0934. The number of anilines is 1. The Morgan fingerprint density at radius 3 is 2.70 bits per heavy atom. The summed E-state index contributed by atoms with van der Waals surface area (Å²) >= 11 is 0. The third kappa shape index (κ3) is 4.30. The van der Waals surface area contributed by atoms with Crippen molar-refractivity contribution in [3.8, 4) is 0 Å². The molecule has 2 aromatic rings. The normalized spacial score (nSPS) is 20.6. The molecule has 2 heterocycles. The van der Waals surface area contributed by atoms with E-state index in [4.69, 9.17) is 0 Å². The van der Waals surface area contributed by atoms with Crippen LogP contribution in [0, 0.1) is 0 Å². The van der Waals surface area contributed by atoms with Crippen LogP contribution >= 0.6 is 0 Å². The summed E-state index contributed by atoms with van der Waals surface area (Å²) in [5.41, 5.74) is 4.49. The number of carbonyl (C=O) groups is 1. The summed E-state index contributed by atoms with van der Waals surface area (Å²) < 4.78 is 0. The summed E-state index contributed by atoms with van der Waals surface area (Å²) in [6.45, 7) is 4.03. The van der Waals surface area contributed by atoms with Crippen LogP contribution in [-0.4, -0.2) is 55.1 Å². The number of nitrogens with zero attached hydrogens (tertiary/aromatic N) is 3. The van der Waals surface area contributed by atoms with Gasteiger partial charge in [0.1, 0.15) is 0 Å². The summed E-state index contributed by atoms with van der Waals surface area (Å²) in [7, 11) is 2.14. The first-order valence-corrected chi connectivity index (χ1v) is 9.95. The maximum Gasteiger partial charge on any atom is 0.253 e. The lowest BCUT2D eigenvalue weighted by Crippen LogP contribution is -2.44. The molecule has 5 nitrogen and oxygen atoms in total. The molecule has 0 radical (unpaired) electrons. The van der Waals surface area contributed by atoms with Gasteiger partial charge in [-0.2, -0.15) is 0 Å². The lowest BCUT2D eigenvalue weighted by atomic mass is 10.0. The zero-order valence-electron chi connectivity index (χ0n) is 16.0. The van der Waals surface area contributed by atoms with Crippen molar-refractivity contribution in [2.45, 2.75) is 31.7 Å².